The van der Waals surface area contributed by atoms with Crippen LogP contribution in [0, 0.1) is 0 Å². The monoisotopic (exact) mass is 67.0 g/mol. The molecule has 4 heavy (non-hydrogen) atoms. The van der Waals surface area contributed by atoms with Crippen molar-refractivity contribution in [2.75, 3.05) is 0 Å². The van der Waals surface area contributed by atoms with Gasteiger partial charge in [-0.15, -0.1) is 0 Å². The van der Waals surface area contributed by atoms with E-state index in [0.717, 1.165) is 0 Å². The molecule has 0 aliphatic carbocycles. The first-order valence-corrected chi connectivity index (χ1v) is 0. The molecule has 4 heteroatoms. The Morgan fingerprint density at radius 2 is 0.500 bits per heavy atom. The van der Waals surface area contributed by atoms with Crippen molar-refractivity contribution < 1.29 is 14.1 Å². The Hall–Kier alpha value is 0.387. The van der Waals surface area contributed by atoms with Crippen LogP contribution < -0.4 is 0 Å². The molecule has 0 aliphatic heterocycles. The molecule has 0 saturated carbocycles. The molecular weight excluding hydrogens is 63.9 g/mol. The van der Waals surface area contributed by atoms with Gasteiger partial charge in [0.15, 0.2) is 0 Å². The molecule has 0 aromatic rings. The van der Waals surface area contributed by atoms with Crippen molar-refractivity contribution >= 4 is 18.9 Å². The summed E-state index contributed by atoms with van der Waals surface area (Å²) in [7, 11) is 0. The molecule has 0 nitrogen and oxygen atoms in total. The molecule has 0 spiro atoms. The van der Waals surface area contributed by atoms with Crippen LogP contribution in [0.4, 0.5) is 14.1 Å². The molecule has 0 N–H and O–H groups in total. The van der Waals surface area contributed by atoms with Crippen molar-refractivity contribution in [1.29, 1.82) is 0 Å². The molecule has 0 saturated heterocycles. The van der Waals surface area contributed by atoms with Crippen molar-refractivity contribution in [1.82, 2.24) is 0 Å². The molecular formula is H3F3Li. The topological polar surface area (TPSA) is 0 Å². The minimum atomic E-state index is 0. The van der Waals surface area contributed by atoms with Gasteiger partial charge >= 0.3 is 0 Å². The molecule has 0 aromatic carbocycles. The van der Waals surface area contributed by atoms with Crippen LogP contribution in [0.15, 0.2) is 0 Å². The van der Waals surface area contributed by atoms with Crippen LogP contribution in [-0.4, -0.2) is 18.9 Å². The zero-order valence-corrected chi connectivity index (χ0v) is 2.22. The van der Waals surface area contributed by atoms with Gasteiger partial charge in [0.05, 0.1) is 0 Å². The van der Waals surface area contributed by atoms with Crippen LogP contribution in [0.3, 0.4) is 0 Å². The quantitative estimate of drug-likeness (QED) is 0.352. The third-order valence-corrected chi connectivity index (χ3v) is 0. The summed E-state index contributed by atoms with van der Waals surface area (Å²) in [5, 5.41) is 0. The summed E-state index contributed by atoms with van der Waals surface area (Å²) in [6.45, 7) is 0. The Bertz CT molecular complexity index is 3.25. The largest absolute Gasteiger partial charge is 0.269 e. The first-order chi connectivity index (χ1) is 0. The summed E-state index contributed by atoms with van der Waals surface area (Å²) >= 11 is 0. The maximum absolute atomic E-state index is 0. The van der Waals surface area contributed by atoms with Crippen LogP contribution in [0.5, 0.6) is 0 Å². The van der Waals surface area contributed by atoms with E-state index in [1.807, 2.05) is 0 Å². The fraction of sp³-hybridized carbons (Fsp3) is 0. The van der Waals surface area contributed by atoms with E-state index in [0.29, 0.717) is 0 Å². The molecule has 0 heterocycles. The average molecular weight is 67.0 g/mol. The molecule has 0 amide bonds. The maximum Gasteiger partial charge on any atom is 0 e. The first-order valence-electron chi connectivity index (χ1n) is 0. The zero-order chi connectivity index (χ0) is 0. The summed E-state index contributed by atoms with van der Waals surface area (Å²) in [4.78, 5) is 0. The van der Waals surface area contributed by atoms with E-state index in [1.54, 1.807) is 0 Å². The Morgan fingerprint density at radius 1 is 0.500 bits per heavy atom. The summed E-state index contributed by atoms with van der Waals surface area (Å²) < 4.78 is 0. The minimum Gasteiger partial charge on any atom is -0.269 e. The molecule has 0 unspecified atom stereocenters. The normalized spacial score (nSPS) is 0. The number of halogens is 3. The van der Waals surface area contributed by atoms with Gasteiger partial charge in [-0.1, -0.05) is 0 Å². The third-order valence-electron chi connectivity index (χ3n) is 0. The van der Waals surface area contributed by atoms with Gasteiger partial charge in [-0.2, -0.15) is 0 Å². The zero-order valence-electron chi connectivity index (χ0n) is 2.22. The van der Waals surface area contributed by atoms with Gasteiger partial charge in [0.25, 0.3) is 0 Å². The van der Waals surface area contributed by atoms with Crippen molar-refractivity contribution in [3.8, 4) is 0 Å². The number of rotatable bonds is 0. The van der Waals surface area contributed by atoms with Crippen molar-refractivity contribution in [3.63, 3.8) is 0 Å². The van der Waals surface area contributed by atoms with E-state index in [-0.39, 0.29) is 33.0 Å². The SMILES string of the molecule is F.F.F.[Li]. The first kappa shape index (κ1) is 335. The van der Waals surface area contributed by atoms with Gasteiger partial charge in [-0.05, 0) is 0 Å². The summed E-state index contributed by atoms with van der Waals surface area (Å²) in [6, 6.07) is 0. The molecule has 0 rings (SSSR count). The van der Waals surface area contributed by atoms with Crippen LogP contribution in [0.2, 0.25) is 0 Å². The minimum absolute atomic E-state index is 0. The Kier molecular flexibility index (Phi) is 10800. The van der Waals surface area contributed by atoms with Gasteiger partial charge in [-0.25, -0.2) is 0 Å². The predicted octanol–water partition coefficient (Wildman–Crippen LogP) is 0.0767. The molecule has 0 bridgehead atoms. The van der Waals surface area contributed by atoms with E-state index in [4.69, 9.17) is 0 Å². The van der Waals surface area contributed by atoms with Crippen LogP contribution in [0.25, 0.3) is 0 Å². The summed E-state index contributed by atoms with van der Waals surface area (Å²) in [5.74, 6) is 0. The maximum atomic E-state index is 0. The van der Waals surface area contributed by atoms with E-state index in [1.165, 1.54) is 0 Å². The second-order valence-corrected chi connectivity index (χ2v) is 0. The number of hydrogen-bond acceptors (Lipinski definition) is 0. The van der Waals surface area contributed by atoms with E-state index >= 15 is 0 Å². The average Bonchev–Trinajstić information content (AvgIpc) is 0. The van der Waals surface area contributed by atoms with Crippen LogP contribution >= 0.6 is 0 Å². The van der Waals surface area contributed by atoms with Crippen molar-refractivity contribution in [2.24, 2.45) is 0 Å². The van der Waals surface area contributed by atoms with Gasteiger partial charge in [-0.3, -0.25) is 14.1 Å². The smallest absolute Gasteiger partial charge is 0 e. The third kappa shape index (κ3) is 30.6. The second-order valence-electron chi connectivity index (χ2n) is 0. The van der Waals surface area contributed by atoms with E-state index in [2.05, 4.69) is 0 Å². The van der Waals surface area contributed by atoms with Gasteiger partial charge in [0, 0.05) is 18.9 Å². The predicted molar refractivity (Wildman–Crippen MR) is 13.3 cm³/mol. The standard InChI is InChI=1S/3FH.Li/h3*1H;. The summed E-state index contributed by atoms with van der Waals surface area (Å²) in [5.41, 5.74) is 0. The second kappa shape index (κ2) is 129. The molecule has 1 radical (unpaired) electrons. The van der Waals surface area contributed by atoms with E-state index in [9.17, 15) is 0 Å². The Labute approximate surface area is 33.9 Å². The van der Waals surface area contributed by atoms with E-state index < -0.39 is 0 Å². The molecule has 0 fully saturated rings. The molecule has 0 atom stereocenters. The number of hydrogen-bond donors (Lipinski definition) is 0. The van der Waals surface area contributed by atoms with Crippen molar-refractivity contribution in [2.45, 2.75) is 0 Å². The fourth-order valence-electron chi connectivity index (χ4n) is 0. The van der Waals surface area contributed by atoms with Crippen LogP contribution in [-0.2, 0) is 0 Å². The van der Waals surface area contributed by atoms with Crippen LogP contribution in [0.1, 0.15) is 0 Å². The molecule has 0 aliphatic rings. The van der Waals surface area contributed by atoms with Gasteiger partial charge in [0.1, 0.15) is 0 Å². The fourth-order valence-corrected chi connectivity index (χ4v) is 0. The molecule has 25 valence electrons. The van der Waals surface area contributed by atoms with Crippen molar-refractivity contribution in [3.05, 3.63) is 0 Å². The summed E-state index contributed by atoms with van der Waals surface area (Å²) in [6.07, 6.45) is 0. The van der Waals surface area contributed by atoms with Gasteiger partial charge < -0.3 is 0 Å². The molecule has 0 aromatic heterocycles. The Balaban J connectivity index is 0. The Morgan fingerprint density at radius 3 is 0.500 bits per heavy atom. The van der Waals surface area contributed by atoms with Gasteiger partial charge in [0.2, 0.25) is 0 Å².